The van der Waals surface area contributed by atoms with Gasteiger partial charge in [-0.25, -0.2) is 9.59 Å². The Labute approximate surface area is 386 Å². The van der Waals surface area contributed by atoms with Gasteiger partial charge in [-0.2, -0.15) is 0 Å². The molecule has 5 aromatic rings. The van der Waals surface area contributed by atoms with Crippen molar-refractivity contribution in [2.24, 2.45) is 5.92 Å². The lowest BCUT2D eigenvalue weighted by Gasteiger charge is -2.52. The van der Waals surface area contributed by atoms with Gasteiger partial charge in [-0.3, -0.25) is 24.3 Å². The largest absolute Gasteiger partial charge is 0.485 e. The molecule has 8 rings (SSSR count). The van der Waals surface area contributed by atoms with Crippen molar-refractivity contribution >= 4 is 58.7 Å². The first-order chi connectivity index (χ1) is 31.4. The van der Waals surface area contributed by atoms with Crippen molar-refractivity contribution in [2.75, 3.05) is 13.1 Å². The molecule has 16 heteroatoms. The lowest BCUT2D eigenvalue weighted by Crippen LogP contribution is -2.77. The third kappa shape index (κ3) is 9.27. The summed E-state index contributed by atoms with van der Waals surface area (Å²) in [6.07, 6.45) is 1.53. The lowest BCUT2D eigenvalue weighted by molar-refractivity contribution is -0.165. The molecule has 0 saturated carbocycles. The first-order valence-corrected chi connectivity index (χ1v) is 22.5. The number of imide groups is 1. The molecule has 0 bridgehead atoms. The zero-order valence-corrected chi connectivity index (χ0v) is 37.7. The summed E-state index contributed by atoms with van der Waals surface area (Å²) in [5, 5.41) is 5.46. The Hall–Kier alpha value is -6.78. The van der Waals surface area contributed by atoms with Crippen LogP contribution in [0.1, 0.15) is 54.8 Å². The molecular formula is C49H48N6O8S2. The first kappa shape index (κ1) is 44.8. The highest BCUT2D eigenvalue weighted by atomic mass is 32.2. The van der Waals surface area contributed by atoms with E-state index in [0.29, 0.717) is 27.7 Å². The summed E-state index contributed by atoms with van der Waals surface area (Å²) in [6, 6.07) is 36.2. The van der Waals surface area contributed by atoms with Gasteiger partial charge in [-0.1, -0.05) is 140 Å². The minimum absolute atomic E-state index is 0.0118. The van der Waals surface area contributed by atoms with Gasteiger partial charge >= 0.3 is 23.8 Å². The normalized spacial score (nSPS) is 20.3. The Morgan fingerprint density at radius 2 is 1.34 bits per heavy atom. The molecule has 334 valence electrons. The SMILES string of the molecule is C[C@H]1C(=S)N2[C@@H]1SC(C)(C)[C@]2(NC(=O)C(NC(=O)N1CCN(Cc2cc(OCc3ccccc3)c(OCc3ccccc3)cn2)C(=O)C1=O)c1ccccc1)C(=O)OCc1ccccc1. The van der Waals surface area contributed by atoms with Crippen LogP contribution >= 0.6 is 24.0 Å². The zero-order chi connectivity index (χ0) is 45.7. The number of ether oxygens (including phenoxy) is 3. The minimum Gasteiger partial charge on any atom is -0.485 e. The number of hydrogen-bond acceptors (Lipinski definition) is 11. The third-order valence-corrected chi connectivity index (χ3v) is 14.0. The van der Waals surface area contributed by atoms with Crippen LogP contribution in [-0.4, -0.2) is 83.3 Å². The lowest BCUT2D eigenvalue weighted by atomic mass is 9.86. The van der Waals surface area contributed by atoms with Crippen LogP contribution in [0.5, 0.6) is 11.5 Å². The van der Waals surface area contributed by atoms with Crippen molar-refractivity contribution in [1.29, 1.82) is 0 Å². The summed E-state index contributed by atoms with van der Waals surface area (Å²) in [4.78, 5) is 79.5. The number of aromatic nitrogens is 1. The second kappa shape index (κ2) is 19.1. The Kier molecular flexibility index (Phi) is 13.2. The van der Waals surface area contributed by atoms with E-state index in [2.05, 4.69) is 15.6 Å². The van der Waals surface area contributed by atoms with Crippen LogP contribution in [0.25, 0.3) is 0 Å². The third-order valence-electron chi connectivity index (χ3n) is 11.7. The maximum absolute atomic E-state index is 14.7. The molecule has 1 unspecified atom stereocenters. The summed E-state index contributed by atoms with van der Waals surface area (Å²) in [7, 11) is 0. The van der Waals surface area contributed by atoms with Crippen molar-refractivity contribution in [1.82, 2.24) is 30.3 Å². The number of piperazine rings is 1. The van der Waals surface area contributed by atoms with Gasteiger partial charge in [-0.05, 0) is 36.1 Å². The number of hydrogen-bond donors (Lipinski definition) is 2. The highest BCUT2D eigenvalue weighted by Gasteiger charge is 2.72. The topological polar surface area (TPSA) is 160 Å². The van der Waals surface area contributed by atoms with Gasteiger partial charge in [0.05, 0.1) is 33.5 Å². The van der Waals surface area contributed by atoms with Crippen LogP contribution in [-0.2, 0) is 50.3 Å². The quantitative estimate of drug-likeness (QED) is 0.0664. The number of pyridine rings is 1. The molecule has 1 aromatic heterocycles. The number of nitrogens with zero attached hydrogens (tertiary/aromatic N) is 4. The number of rotatable bonds is 15. The molecule has 3 aliphatic heterocycles. The molecule has 3 fully saturated rings. The maximum Gasteiger partial charge on any atom is 0.355 e. The number of nitrogens with one attached hydrogen (secondary N) is 2. The number of carbonyl (C=O) groups is 5. The van der Waals surface area contributed by atoms with E-state index in [1.165, 1.54) is 22.9 Å². The average molecular weight is 913 g/mol. The molecule has 0 spiro atoms. The van der Waals surface area contributed by atoms with Gasteiger partial charge < -0.3 is 34.6 Å². The zero-order valence-electron chi connectivity index (χ0n) is 36.0. The van der Waals surface area contributed by atoms with Crippen LogP contribution in [0.4, 0.5) is 4.79 Å². The van der Waals surface area contributed by atoms with E-state index in [1.54, 1.807) is 41.3 Å². The molecule has 3 saturated heterocycles. The van der Waals surface area contributed by atoms with Crippen molar-refractivity contribution in [3.8, 4) is 11.5 Å². The van der Waals surface area contributed by atoms with E-state index in [4.69, 9.17) is 26.4 Å². The predicted molar refractivity (Wildman–Crippen MR) is 247 cm³/mol. The predicted octanol–water partition coefficient (Wildman–Crippen LogP) is 6.55. The first-order valence-electron chi connectivity index (χ1n) is 21.2. The number of thioether (sulfide) groups is 1. The number of esters is 1. The second-order valence-corrected chi connectivity index (χ2v) is 18.6. The van der Waals surface area contributed by atoms with Gasteiger partial charge in [-0.15, -0.1) is 11.8 Å². The molecule has 0 aliphatic carbocycles. The Balaban J connectivity index is 0.980. The van der Waals surface area contributed by atoms with E-state index in [0.717, 1.165) is 21.6 Å². The highest BCUT2D eigenvalue weighted by molar-refractivity contribution is 8.02. The van der Waals surface area contributed by atoms with Gasteiger partial charge in [0.2, 0.25) is 11.6 Å². The fourth-order valence-electron chi connectivity index (χ4n) is 8.09. The van der Waals surface area contributed by atoms with Crippen molar-refractivity contribution in [3.05, 3.63) is 162 Å². The summed E-state index contributed by atoms with van der Waals surface area (Å²) < 4.78 is 17.3. The number of fused-ring (bicyclic) bond motifs is 1. The van der Waals surface area contributed by atoms with Gasteiger partial charge in [0.15, 0.2) is 11.5 Å². The fourth-order valence-corrected chi connectivity index (χ4v) is 10.3. The minimum atomic E-state index is -1.76. The molecule has 4 heterocycles. The molecular weight excluding hydrogens is 865 g/mol. The molecule has 3 aliphatic rings. The Morgan fingerprint density at radius 3 is 1.94 bits per heavy atom. The summed E-state index contributed by atoms with van der Waals surface area (Å²) in [5.74, 6) is -2.71. The molecule has 65 heavy (non-hydrogen) atoms. The van der Waals surface area contributed by atoms with Gasteiger partial charge in [0.25, 0.3) is 0 Å². The number of thiocarbonyl (C=S) groups is 1. The van der Waals surface area contributed by atoms with E-state index < -0.39 is 46.2 Å². The molecule has 0 radical (unpaired) electrons. The smallest absolute Gasteiger partial charge is 0.355 e. The van der Waals surface area contributed by atoms with Gasteiger partial charge in [0.1, 0.15) is 25.9 Å². The highest BCUT2D eigenvalue weighted by Crippen LogP contribution is 2.58. The van der Waals surface area contributed by atoms with E-state index in [1.807, 2.05) is 112 Å². The Morgan fingerprint density at radius 1 is 0.785 bits per heavy atom. The van der Waals surface area contributed by atoms with Crippen LogP contribution in [0.2, 0.25) is 0 Å². The molecule has 5 amide bonds. The van der Waals surface area contributed by atoms with E-state index in [-0.39, 0.29) is 50.7 Å². The van der Waals surface area contributed by atoms with E-state index >= 15 is 0 Å². The van der Waals surface area contributed by atoms with Crippen molar-refractivity contribution < 1.29 is 38.2 Å². The molecule has 2 N–H and O–H groups in total. The van der Waals surface area contributed by atoms with Crippen molar-refractivity contribution in [2.45, 2.75) is 69.0 Å². The van der Waals surface area contributed by atoms with Crippen LogP contribution in [0, 0.1) is 5.92 Å². The van der Waals surface area contributed by atoms with Crippen molar-refractivity contribution in [3.63, 3.8) is 0 Å². The van der Waals surface area contributed by atoms with Crippen LogP contribution < -0.4 is 20.1 Å². The fraction of sp³-hybridized carbons (Fsp3) is 0.286. The van der Waals surface area contributed by atoms with Crippen LogP contribution in [0.3, 0.4) is 0 Å². The van der Waals surface area contributed by atoms with E-state index in [9.17, 15) is 24.0 Å². The number of amides is 5. The monoisotopic (exact) mass is 912 g/mol. The molecule has 14 nitrogen and oxygen atoms in total. The standard InChI is InChI=1S/C49H48N6O8S2/c1-32-44(64)55-45(32)65-48(2,3)49(55,46(59)63-31-35-20-12-6-13-21-35)52-41(56)40(36-22-14-7-15-23-36)51-47(60)54-25-24-53(42(57)43(54)58)28-37-26-38(61-29-33-16-8-4-9-17-33)39(27-50-37)62-30-34-18-10-5-11-19-34/h4-23,26-27,32,40,45H,24-25,28-31H2,1-3H3,(H,51,60)(H,52,56)/t32-,40?,45+,49-/m0/s1. The van der Waals surface area contributed by atoms with Crippen LogP contribution in [0.15, 0.2) is 134 Å². The summed E-state index contributed by atoms with van der Waals surface area (Å²) >= 11 is 7.29. The average Bonchev–Trinajstić information content (AvgIpc) is 3.55. The number of carbonyl (C=O) groups excluding carboxylic acids is 5. The summed E-state index contributed by atoms with van der Waals surface area (Å²) in [6.45, 7) is 5.91. The Bertz CT molecular complexity index is 2570. The second-order valence-electron chi connectivity index (χ2n) is 16.4. The maximum atomic E-state index is 14.7. The molecule has 4 atom stereocenters. The molecule has 4 aromatic carbocycles. The van der Waals surface area contributed by atoms with Gasteiger partial charge in [0, 0.05) is 25.1 Å². The summed E-state index contributed by atoms with van der Waals surface area (Å²) in [5.41, 5.74) is 1.69. The number of urea groups is 1. The number of benzene rings is 4.